The van der Waals surface area contributed by atoms with Crippen molar-refractivity contribution in [3.05, 3.63) is 77.9 Å². The lowest BCUT2D eigenvalue weighted by Gasteiger charge is -2.31. The second kappa shape index (κ2) is 9.91. The van der Waals surface area contributed by atoms with E-state index in [4.69, 9.17) is 5.73 Å². The van der Waals surface area contributed by atoms with E-state index in [-0.39, 0.29) is 23.5 Å². The van der Waals surface area contributed by atoms with Gasteiger partial charge in [0.1, 0.15) is 0 Å². The van der Waals surface area contributed by atoms with Crippen LogP contribution in [0.5, 0.6) is 0 Å². The summed E-state index contributed by atoms with van der Waals surface area (Å²) < 4.78 is 26.6. The molecule has 1 saturated carbocycles. The zero-order valence-corrected chi connectivity index (χ0v) is 19.6. The molecule has 0 aliphatic heterocycles. The molecule has 1 aliphatic carbocycles. The van der Waals surface area contributed by atoms with Gasteiger partial charge in [0.05, 0.1) is 11.4 Å². The Bertz CT molecular complexity index is 1220. The van der Waals surface area contributed by atoms with Crippen LogP contribution in [0.2, 0.25) is 0 Å². The maximum atomic E-state index is 13.4. The van der Waals surface area contributed by atoms with Crippen molar-refractivity contribution in [2.24, 2.45) is 5.73 Å². The van der Waals surface area contributed by atoms with Crippen LogP contribution in [0.15, 0.2) is 71.6 Å². The number of nitrogens with one attached hydrogen (secondary N) is 1. The maximum absolute atomic E-state index is 13.4. The average molecular weight is 467 g/mol. The number of sulfonamides is 1. The second-order valence-corrected chi connectivity index (χ2v) is 10.2. The molecule has 0 bridgehead atoms. The number of fused-ring (bicyclic) bond motifs is 1. The summed E-state index contributed by atoms with van der Waals surface area (Å²) in [5.41, 5.74) is 7.46. The highest BCUT2D eigenvalue weighted by Gasteiger charge is 2.30. The summed E-state index contributed by atoms with van der Waals surface area (Å²) in [6.07, 6.45) is 4.01. The molecule has 1 fully saturated rings. The lowest BCUT2D eigenvalue weighted by molar-refractivity contribution is 0.135. The number of carbonyl (C=O) groups excluding carboxylic acids is 1. The lowest BCUT2D eigenvalue weighted by atomic mass is 10.1. The van der Waals surface area contributed by atoms with Gasteiger partial charge in [0.15, 0.2) is 0 Å². The Kier molecular flexibility index (Phi) is 6.97. The lowest BCUT2D eigenvalue weighted by Crippen LogP contribution is -2.52. The number of nitrogens with two attached hydrogens (primary N) is 1. The molecule has 1 aliphatic rings. The van der Waals surface area contributed by atoms with Crippen LogP contribution in [-0.2, 0) is 23.1 Å². The Morgan fingerprint density at radius 3 is 2.27 bits per heavy atom. The van der Waals surface area contributed by atoms with Gasteiger partial charge in [0.25, 0.3) is 10.0 Å². The van der Waals surface area contributed by atoms with Gasteiger partial charge in [0, 0.05) is 19.6 Å². The van der Waals surface area contributed by atoms with E-state index >= 15 is 0 Å². The highest BCUT2D eigenvalue weighted by atomic mass is 32.2. The molecule has 4 rings (SSSR count). The van der Waals surface area contributed by atoms with E-state index in [0.29, 0.717) is 6.54 Å². The summed E-state index contributed by atoms with van der Waals surface area (Å²) in [6.45, 7) is 0.523. The minimum absolute atomic E-state index is 0.105. The van der Waals surface area contributed by atoms with Crippen LogP contribution in [0.1, 0.15) is 36.8 Å². The van der Waals surface area contributed by atoms with Crippen molar-refractivity contribution < 1.29 is 13.2 Å². The number of hydrazine groups is 1. The van der Waals surface area contributed by atoms with Gasteiger partial charge in [-0.05, 0) is 46.9 Å². The molecule has 3 N–H and O–H groups in total. The molecule has 3 aromatic rings. The molecule has 0 atom stereocenters. The van der Waals surface area contributed by atoms with Gasteiger partial charge < -0.3 is 10.6 Å². The average Bonchev–Trinajstić information content (AvgIpc) is 3.38. The molecule has 33 heavy (non-hydrogen) atoms. The fourth-order valence-electron chi connectivity index (χ4n) is 4.27. The van der Waals surface area contributed by atoms with Crippen LogP contribution in [-0.4, -0.2) is 37.4 Å². The summed E-state index contributed by atoms with van der Waals surface area (Å²) in [4.78, 5) is 17.7. The number of benzene rings is 3. The summed E-state index contributed by atoms with van der Waals surface area (Å²) in [5, 5.41) is 2.96. The molecule has 0 saturated heterocycles. The highest BCUT2D eigenvalue weighted by molar-refractivity contribution is 7.89. The van der Waals surface area contributed by atoms with Gasteiger partial charge in [-0.1, -0.05) is 67.4 Å². The van der Waals surface area contributed by atoms with Crippen molar-refractivity contribution in [2.45, 2.75) is 49.7 Å². The van der Waals surface area contributed by atoms with E-state index in [0.717, 1.165) is 47.6 Å². The normalized spacial score (nSPS) is 14.5. The number of nitrogens with zero attached hydrogens (tertiary/aromatic N) is 2. The van der Waals surface area contributed by atoms with E-state index in [9.17, 15) is 13.2 Å². The van der Waals surface area contributed by atoms with E-state index in [2.05, 4.69) is 4.83 Å². The molecule has 0 unspecified atom stereocenters. The first-order valence-electron chi connectivity index (χ1n) is 11.2. The third-order valence-corrected chi connectivity index (χ3v) is 7.60. The van der Waals surface area contributed by atoms with Crippen molar-refractivity contribution >= 4 is 26.8 Å². The Morgan fingerprint density at radius 2 is 1.61 bits per heavy atom. The Balaban J connectivity index is 1.62. The molecule has 8 heteroatoms. The third-order valence-electron chi connectivity index (χ3n) is 6.27. The van der Waals surface area contributed by atoms with Crippen molar-refractivity contribution in [1.29, 1.82) is 0 Å². The smallest absolute Gasteiger partial charge is 0.326 e. The summed E-state index contributed by atoms with van der Waals surface area (Å²) in [5.74, 6) is 0. The fraction of sp³-hybridized carbons (Fsp3) is 0.320. The van der Waals surface area contributed by atoms with Crippen molar-refractivity contribution in [1.82, 2.24) is 14.7 Å². The summed E-state index contributed by atoms with van der Waals surface area (Å²) >= 11 is 0. The van der Waals surface area contributed by atoms with Crippen LogP contribution in [0.3, 0.4) is 0 Å². The molecule has 0 spiro atoms. The Hall–Kier alpha value is -2.94. The maximum Gasteiger partial charge on any atom is 0.335 e. The van der Waals surface area contributed by atoms with Crippen LogP contribution in [0.25, 0.3) is 10.8 Å². The van der Waals surface area contributed by atoms with Crippen LogP contribution >= 0.6 is 0 Å². The van der Waals surface area contributed by atoms with Gasteiger partial charge in [0.2, 0.25) is 0 Å². The largest absolute Gasteiger partial charge is 0.335 e. The zero-order chi connectivity index (χ0) is 23.4. The molecule has 2 amide bonds. The molecular formula is C25H30N4O3S. The van der Waals surface area contributed by atoms with E-state index < -0.39 is 10.0 Å². The minimum atomic E-state index is -3.98. The summed E-state index contributed by atoms with van der Waals surface area (Å²) in [7, 11) is -2.23. The predicted molar refractivity (Wildman–Crippen MR) is 130 cm³/mol. The number of urea groups is 1. The van der Waals surface area contributed by atoms with E-state index in [1.165, 1.54) is 5.01 Å². The first-order chi connectivity index (χ1) is 15.9. The van der Waals surface area contributed by atoms with Crippen LogP contribution < -0.4 is 10.6 Å². The fourth-order valence-corrected chi connectivity index (χ4v) is 5.34. The van der Waals surface area contributed by atoms with Crippen molar-refractivity contribution in [2.75, 3.05) is 7.05 Å². The number of hydrogen-bond donors (Lipinski definition) is 2. The number of rotatable bonds is 7. The molecule has 0 heterocycles. The monoisotopic (exact) mass is 466 g/mol. The highest BCUT2D eigenvalue weighted by Crippen LogP contribution is 2.24. The van der Waals surface area contributed by atoms with Gasteiger partial charge in [-0.25, -0.2) is 18.2 Å². The number of hydrogen-bond acceptors (Lipinski definition) is 4. The second-order valence-electron chi connectivity index (χ2n) is 8.54. The van der Waals surface area contributed by atoms with Gasteiger partial charge in [-0.15, -0.1) is 4.83 Å². The molecule has 7 nitrogen and oxygen atoms in total. The quantitative estimate of drug-likeness (QED) is 0.515. The van der Waals surface area contributed by atoms with Crippen molar-refractivity contribution in [3.63, 3.8) is 0 Å². The van der Waals surface area contributed by atoms with Gasteiger partial charge >= 0.3 is 6.03 Å². The minimum Gasteiger partial charge on any atom is -0.326 e. The molecular weight excluding hydrogens is 436 g/mol. The topological polar surface area (TPSA) is 95.7 Å². The third kappa shape index (κ3) is 5.35. The van der Waals surface area contributed by atoms with E-state index in [1.54, 1.807) is 30.1 Å². The van der Waals surface area contributed by atoms with Crippen LogP contribution in [0, 0.1) is 0 Å². The van der Waals surface area contributed by atoms with E-state index in [1.807, 2.05) is 48.5 Å². The first-order valence-corrected chi connectivity index (χ1v) is 12.7. The molecule has 3 aromatic carbocycles. The molecule has 174 valence electrons. The Labute approximate surface area is 195 Å². The van der Waals surface area contributed by atoms with Crippen LogP contribution in [0.4, 0.5) is 4.79 Å². The van der Waals surface area contributed by atoms with Gasteiger partial charge in [-0.3, -0.25) is 0 Å². The van der Waals surface area contributed by atoms with Crippen molar-refractivity contribution in [3.8, 4) is 0 Å². The summed E-state index contributed by atoms with van der Waals surface area (Å²) in [6, 6.07) is 19.8. The predicted octanol–water partition coefficient (Wildman–Crippen LogP) is 3.99. The molecule has 0 aromatic heterocycles. The SMILES string of the molecule is CN(C(=O)N(Cc1ccc(CN)cc1)NS(=O)(=O)c1ccc2ccccc2c1)C1CCCC1. The molecule has 0 radical (unpaired) electrons. The Morgan fingerprint density at radius 1 is 0.970 bits per heavy atom. The number of carbonyl (C=O) groups is 1. The van der Waals surface area contributed by atoms with Gasteiger partial charge in [-0.2, -0.15) is 0 Å². The number of amides is 2. The first kappa shape index (κ1) is 23.2. The zero-order valence-electron chi connectivity index (χ0n) is 18.8. The standard InChI is InChI=1S/C25H30N4O3S/c1-28(23-8-4-5-9-23)25(30)29(18-20-12-10-19(17-26)11-13-20)27-33(31,32)24-15-14-21-6-2-3-7-22(21)16-24/h2-3,6-7,10-16,23,27H,4-5,8-9,17-18,26H2,1H3.